The molecule has 0 aliphatic heterocycles. The molecule has 1 amide bonds. The fourth-order valence-corrected chi connectivity index (χ4v) is 2.23. The lowest BCUT2D eigenvalue weighted by atomic mass is 9.74. The first-order chi connectivity index (χ1) is 7.22. The second-order valence-electron chi connectivity index (χ2n) is 4.12. The number of hydrogen-bond donors (Lipinski definition) is 2. The van der Waals surface area contributed by atoms with Crippen LogP contribution in [0.15, 0.2) is 0 Å². The van der Waals surface area contributed by atoms with Crippen molar-refractivity contribution in [1.82, 2.24) is 5.32 Å². The molecule has 0 aromatic rings. The topological polar surface area (TPSA) is 49.3 Å². The summed E-state index contributed by atoms with van der Waals surface area (Å²) >= 11 is 2.88. The monoisotopic (exact) mass is 273 g/mol. The Balaban J connectivity index is 2.44. The van der Waals surface area contributed by atoms with Crippen LogP contribution in [0.3, 0.4) is 0 Å². The van der Waals surface area contributed by atoms with Crippen molar-refractivity contribution in [3.63, 3.8) is 0 Å². The van der Waals surface area contributed by atoms with Gasteiger partial charge in [-0.05, 0) is 17.7 Å². The SMILES string of the molecule is O=C(C#CBr)NCC1(CO)CCCCC1. The van der Waals surface area contributed by atoms with Gasteiger partial charge in [0.1, 0.15) is 0 Å². The fourth-order valence-electron chi connectivity index (χ4n) is 2.05. The Morgan fingerprint density at radius 3 is 2.60 bits per heavy atom. The zero-order valence-corrected chi connectivity index (χ0v) is 10.3. The first-order valence-electron chi connectivity index (χ1n) is 5.23. The van der Waals surface area contributed by atoms with Crippen molar-refractivity contribution >= 4 is 21.8 Å². The van der Waals surface area contributed by atoms with E-state index in [1.807, 2.05) is 0 Å². The highest BCUT2D eigenvalue weighted by Gasteiger charge is 2.31. The number of hydrogen-bond acceptors (Lipinski definition) is 2. The third kappa shape index (κ3) is 3.84. The molecule has 0 atom stereocenters. The first-order valence-corrected chi connectivity index (χ1v) is 6.02. The summed E-state index contributed by atoms with van der Waals surface area (Å²) in [7, 11) is 0. The number of rotatable bonds is 3. The first kappa shape index (κ1) is 12.5. The van der Waals surface area contributed by atoms with Gasteiger partial charge in [0.15, 0.2) is 0 Å². The van der Waals surface area contributed by atoms with Gasteiger partial charge in [-0.3, -0.25) is 4.79 Å². The van der Waals surface area contributed by atoms with Crippen LogP contribution in [0.25, 0.3) is 0 Å². The number of carbonyl (C=O) groups is 1. The number of carbonyl (C=O) groups excluding carboxylic acids is 1. The molecule has 1 fully saturated rings. The highest BCUT2D eigenvalue weighted by atomic mass is 79.9. The average molecular weight is 274 g/mol. The predicted octanol–water partition coefficient (Wildman–Crippen LogP) is 1.40. The van der Waals surface area contributed by atoms with Crippen LogP contribution in [0.2, 0.25) is 0 Å². The van der Waals surface area contributed by atoms with Gasteiger partial charge in [-0.2, -0.15) is 0 Å². The van der Waals surface area contributed by atoms with Gasteiger partial charge in [0.2, 0.25) is 0 Å². The Morgan fingerprint density at radius 2 is 2.07 bits per heavy atom. The van der Waals surface area contributed by atoms with Crippen LogP contribution in [-0.4, -0.2) is 24.2 Å². The number of aliphatic hydroxyl groups excluding tert-OH is 1. The van der Waals surface area contributed by atoms with Crippen molar-refractivity contribution in [3.8, 4) is 10.8 Å². The lowest BCUT2D eigenvalue weighted by molar-refractivity contribution is -0.116. The second-order valence-corrected chi connectivity index (χ2v) is 4.52. The predicted molar refractivity (Wildman–Crippen MR) is 62.3 cm³/mol. The van der Waals surface area contributed by atoms with Gasteiger partial charge in [0, 0.05) is 33.8 Å². The third-order valence-corrected chi connectivity index (χ3v) is 3.23. The molecular formula is C11H16BrNO2. The van der Waals surface area contributed by atoms with Crippen LogP contribution in [0, 0.1) is 16.2 Å². The number of amides is 1. The second kappa shape index (κ2) is 6.14. The van der Waals surface area contributed by atoms with Crippen LogP contribution in [0.5, 0.6) is 0 Å². The molecular weight excluding hydrogens is 258 g/mol. The number of nitrogens with one attached hydrogen (secondary N) is 1. The molecule has 1 aliphatic carbocycles. The Hall–Kier alpha value is -0.530. The summed E-state index contributed by atoms with van der Waals surface area (Å²) in [5.74, 6) is 2.07. The molecule has 1 aliphatic rings. The van der Waals surface area contributed by atoms with Gasteiger partial charge < -0.3 is 10.4 Å². The van der Waals surface area contributed by atoms with E-state index in [2.05, 4.69) is 32.0 Å². The zero-order chi connectivity index (χ0) is 11.1. The minimum absolute atomic E-state index is 0.109. The largest absolute Gasteiger partial charge is 0.396 e. The molecule has 0 heterocycles. The van der Waals surface area contributed by atoms with Gasteiger partial charge in [-0.25, -0.2) is 0 Å². The van der Waals surface area contributed by atoms with Crippen LogP contribution in [-0.2, 0) is 4.79 Å². The van der Waals surface area contributed by atoms with Crippen molar-refractivity contribution in [2.24, 2.45) is 5.41 Å². The van der Waals surface area contributed by atoms with Gasteiger partial charge in [0.05, 0.1) is 6.61 Å². The van der Waals surface area contributed by atoms with E-state index in [0.717, 1.165) is 25.7 Å². The normalized spacial score (nSPS) is 18.8. The standard InChI is InChI=1S/C11H16BrNO2/c12-7-4-10(15)13-8-11(9-14)5-2-1-3-6-11/h14H,1-3,5-6,8-9H2,(H,13,15). The maximum atomic E-state index is 11.1. The summed E-state index contributed by atoms with van der Waals surface area (Å²) in [6.45, 7) is 0.680. The minimum Gasteiger partial charge on any atom is -0.396 e. The maximum Gasteiger partial charge on any atom is 0.296 e. The van der Waals surface area contributed by atoms with Crippen molar-refractivity contribution in [3.05, 3.63) is 0 Å². The molecule has 3 nitrogen and oxygen atoms in total. The molecule has 0 radical (unpaired) electrons. The van der Waals surface area contributed by atoms with Crippen LogP contribution in [0.1, 0.15) is 32.1 Å². The molecule has 84 valence electrons. The van der Waals surface area contributed by atoms with E-state index >= 15 is 0 Å². The summed E-state index contributed by atoms with van der Waals surface area (Å²) < 4.78 is 0. The van der Waals surface area contributed by atoms with Gasteiger partial charge >= 0.3 is 0 Å². The Labute approximate surface area is 98.8 Å². The van der Waals surface area contributed by atoms with E-state index in [9.17, 15) is 9.90 Å². The van der Waals surface area contributed by atoms with E-state index in [1.54, 1.807) is 0 Å². The molecule has 4 heteroatoms. The van der Waals surface area contributed by atoms with Crippen molar-refractivity contribution in [1.29, 1.82) is 0 Å². The summed E-state index contributed by atoms with van der Waals surface area (Å²) in [4.78, 5) is 13.5. The van der Waals surface area contributed by atoms with Crippen molar-refractivity contribution in [2.75, 3.05) is 13.2 Å². The minimum atomic E-state index is -0.287. The maximum absolute atomic E-state index is 11.1. The summed E-state index contributed by atoms with van der Waals surface area (Å²) in [5, 5.41) is 12.1. The quantitative estimate of drug-likeness (QED) is 0.764. The van der Waals surface area contributed by atoms with Crippen molar-refractivity contribution in [2.45, 2.75) is 32.1 Å². The summed E-state index contributed by atoms with van der Waals surface area (Å²) in [6, 6.07) is 0. The molecule has 0 spiro atoms. The lowest BCUT2D eigenvalue weighted by Gasteiger charge is -2.35. The highest BCUT2D eigenvalue weighted by molar-refractivity contribution is 9.12. The number of halogens is 1. The summed E-state index contributed by atoms with van der Waals surface area (Å²) in [6.07, 6.45) is 5.50. The number of aliphatic hydroxyl groups is 1. The van der Waals surface area contributed by atoms with E-state index in [-0.39, 0.29) is 17.9 Å². The fraction of sp³-hybridized carbons (Fsp3) is 0.727. The molecule has 1 saturated carbocycles. The van der Waals surface area contributed by atoms with Crippen LogP contribution < -0.4 is 5.32 Å². The highest BCUT2D eigenvalue weighted by Crippen LogP contribution is 2.35. The molecule has 1 rings (SSSR count). The lowest BCUT2D eigenvalue weighted by Crippen LogP contribution is -2.41. The molecule has 0 bridgehead atoms. The Bertz CT molecular complexity index is 274. The van der Waals surface area contributed by atoms with Crippen LogP contribution in [0.4, 0.5) is 0 Å². The molecule has 15 heavy (non-hydrogen) atoms. The van der Waals surface area contributed by atoms with E-state index in [4.69, 9.17) is 0 Å². The Morgan fingerprint density at radius 1 is 1.40 bits per heavy atom. The molecule has 0 aromatic heterocycles. The smallest absolute Gasteiger partial charge is 0.296 e. The molecule has 2 N–H and O–H groups in total. The summed E-state index contributed by atoms with van der Waals surface area (Å²) in [5.41, 5.74) is -0.109. The van der Waals surface area contributed by atoms with E-state index < -0.39 is 0 Å². The van der Waals surface area contributed by atoms with E-state index in [1.165, 1.54) is 6.42 Å². The van der Waals surface area contributed by atoms with Gasteiger partial charge in [0.25, 0.3) is 5.91 Å². The van der Waals surface area contributed by atoms with E-state index in [0.29, 0.717) is 6.54 Å². The Kier molecular flexibility index (Phi) is 5.13. The zero-order valence-electron chi connectivity index (χ0n) is 8.68. The average Bonchev–Trinajstić information content (AvgIpc) is 2.28. The molecule has 0 saturated heterocycles. The van der Waals surface area contributed by atoms with Gasteiger partial charge in [-0.15, -0.1) is 0 Å². The molecule has 0 unspecified atom stereocenters. The third-order valence-electron chi connectivity index (χ3n) is 3.03. The molecule has 0 aromatic carbocycles. The van der Waals surface area contributed by atoms with Crippen molar-refractivity contribution < 1.29 is 9.90 Å². The van der Waals surface area contributed by atoms with Crippen LogP contribution >= 0.6 is 15.9 Å². The van der Waals surface area contributed by atoms with Gasteiger partial charge in [-0.1, -0.05) is 19.3 Å².